The molecule has 0 saturated heterocycles. The standard InChI is InChI=1S/C27H24N4O5/c1-28-26(33)24-16-23(13-14-29-24)36-21-11-9-19(10-12-21)30-27(34)31-20-6-4-7-22(15-20)35-17-18-5-2-3-8-25(18)32/h2-16,32H,17H2,1H3,(H,28,33)(H2,30,31,34). The maximum Gasteiger partial charge on any atom is 0.323 e. The van der Waals surface area contributed by atoms with Crippen molar-refractivity contribution in [2.75, 3.05) is 17.7 Å². The van der Waals surface area contributed by atoms with Crippen LogP contribution in [0.15, 0.2) is 91.1 Å². The van der Waals surface area contributed by atoms with E-state index in [0.717, 1.165) is 0 Å². The first-order chi connectivity index (χ1) is 17.5. The molecule has 0 saturated carbocycles. The highest BCUT2D eigenvalue weighted by molar-refractivity contribution is 5.99. The normalized spacial score (nSPS) is 10.2. The van der Waals surface area contributed by atoms with E-state index in [1.54, 1.807) is 78.9 Å². The van der Waals surface area contributed by atoms with Crippen molar-refractivity contribution in [2.24, 2.45) is 0 Å². The van der Waals surface area contributed by atoms with Crippen molar-refractivity contribution in [3.05, 3.63) is 102 Å². The number of aromatic hydroxyl groups is 1. The van der Waals surface area contributed by atoms with Crippen molar-refractivity contribution in [3.8, 4) is 23.0 Å². The number of amides is 3. The van der Waals surface area contributed by atoms with Gasteiger partial charge in [-0.3, -0.25) is 9.78 Å². The van der Waals surface area contributed by atoms with Gasteiger partial charge >= 0.3 is 6.03 Å². The Morgan fingerprint density at radius 1 is 0.833 bits per heavy atom. The molecule has 1 heterocycles. The summed E-state index contributed by atoms with van der Waals surface area (Å²) in [6.45, 7) is 0.198. The Kier molecular flexibility index (Phi) is 7.62. The molecule has 182 valence electrons. The molecule has 0 atom stereocenters. The van der Waals surface area contributed by atoms with Gasteiger partial charge in [0.25, 0.3) is 5.91 Å². The monoisotopic (exact) mass is 484 g/mol. The summed E-state index contributed by atoms with van der Waals surface area (Å²) in [6, 6.07) is 23.5. The molecular weight excluding hydrogens is 460 g/mol. The summed E-state index contributed by atoms with van der Waals surface area (Å²) in [6.07, 6.45) is 1.49. The number of anilines is 2. The molecule has 4 rings (SSSR count). The van der Waals surface area contributed by atoms with E-state index in [0.29, 0.717) is 34.2 Å². The number of ether oxygens (including phenoxy) is 2. The van der Waals surface area contributed by atoms with Crippen LogP contribution in [0.2, 0.25) is 0 Å². The number of phenolic OH excluding ortho intramolecular Hbond substituents is 1. The number of carbonyl (C=O) groups is 2. The minimum Gasteiger partial charge on any atom is -0.508 e. The number of urea groups is 1. The van der Waals surface area contributed by atoms with E-state index in [-0.39, 0.29) is 24.0 Å². The zero-order valence-electron chi connectivity index (χ0n) is 19.4. The number of phenols is 1. The molecule has 4 N–H and O–H groups in total. The smallest absolute Gasteiger partial charge is 0.323 e. The van der Waals surface area contributed by atoms with Gasteiger partial charge in [0.1, 0.15) is 35.3 Å². The topological polar surface area (TPSA) is 122 Å². The molecule has 0 aliphatic heterocycles. The van der Waals surface area contributed by atoms with E-state index in [2.05, 4.69) is 20.9 Å². The van der Waals surface area contributed by atoms with E-state index in [4.69, 9.17) is 9.47 Å². The fourth-order valence-electron chi connectivity index (χ4n) is 3.22. The number of para-hydroxylation sites is 1. The Balaban J connectivity index is 1.31. The summed E-state index contributed by atoms with van der Waals surface area (Å²) in [5, 5.41) is 17.9. The zero-order valence-corrected chi connectivity index (χ0v) is 19.4. The molecule has 0 spiro atoms. The molecule has 3 amide bonds. The average Bonchev–Trinajstić information content (AvgIpc) is 2.89. The molecule has 0 aliphatic rings. The van der Waals surface area contributed by atoms with Crippen molar-refractivity contribution in [2.45, 2.75) is 6.61 Å². The third-order valence-electron chi connectivity index (χ3n) is 5.02. The van der Waals surface area contributed by atoms with Crippen LogP contribution in [0.4, 0.5) is 16.2 Å². The summed E-state index contributed by atoms with van der Waals surface area (Å²) in [7, 11) is 1.53. The molecule has 0 bridgehead atoms. The van der Waals surface area contributed by atoms with Gasteiger partial charge in [-0.1, -0.05) is 24.3 Å². The second-order valence-electron chi connectivity index (χ2n) is 7.61. The van der Waals surface area contributed by atoms with Gasteiger partial charge in [0.15, 0.2) is 0 Å². The lowest BCUT2D eigenvalue weighted by atomic mass is 10.2. The Bertz CT molecular complexity index is 1360. The first-order valence-corrected chi connectivity index (χ1v) is 11.0. The first-order valence-electron chi connectivity index (χ1n) is 11.0. The number of rotatable bonds is 8. The highest BCUT2D eigenvalue weighted by atomic mass is 16.5. The minimum atomic E-state index is -0.425. The molecule has 0 aliphatic carbocycles. The SMILES string of the molecule is CNC(=O)c1cc(Oc2ccc(NC(=O)Nc3cccc(OCc4ccccc4O)c3)cc2)ccn1. The van der Waals surface area contributed by atoms with Crippen LogP contribution in [0.3, 0.4) is 0 Å². The third-order valence-corrected chi connectivity index (χ3v) is 5.02. The Labute approximate surface area is 207 Å². The number of aromatic nitrogens is 1. The number of nitrogens with zero attached hydrogens (tertiary/aromatic N) is 1. The lowest BCUT2D eigenvalue weighted by Gasteiger charge is -2.11. The van der Waals surface area contributed by atoms with E-state index >= 15 is 0 Å². The third kappa shape index (κ3) is 6.51. The van der Waals surface area contributed by atoms with Crippen molar-refractivity contribution in [1.29, 1.82) is 0 Å². The van der Waals surface area contributed by atoms with E-state index in [1.165, 1.54) is 13.2 Å². The molecular formula is C27H24N4O5. The van der Waals surface area contributed by atoms with Gasteiger partial charge < -0.3 is 30.5 Å². The van der Waals surface area contributed by atoms with Crippen LogP contribution in [0.1, 0.15) is 16.1 Å². The molecule has 0 unspecified atom stereocenters. The lowest BCUT2D eigenvalue weighted by Crippen LogP contribution is -2.19. The van der Waals surface area contributed by atoms with Crippen molar-refractivity contribution >= 4 is 23.3 Å². The van der Waals surface area contributed by atoms with Crippen molar-refractivity contribution in [1.82, 2.24) is 10.3 Å². The number of nitrogens with one attached hydrogen (secondary N) is 3. The number of hydrogen-bond acceptors (Lipinski definition) is 6. The highest BCUT2D eigenvalue weighted by Crippen LogP contribution is 2.24. The molecule has 9 nitrogen and oxygen atoms in total. The van der Waals surface area contributed by atoms with Crippen LogP contribution in [0.25, 0.3) is 0 Å². The summed E-state index contributed by atoms with van der Waals surface area (Å²) in [5.74, 6) is 1.40. The van der Waals surface area contributed by atoms with Crippen LogP contribution in [0, 0.1) is 0 Å². The van der Waals surface area contributed by atoms with E-state index < -0.39 is 6.03 Å². The molecule has 0 fully saturated rings. The fourth-order valence-corrected chi connectivity index (χ4v) is 3.22. The van der Waals surface area contributed by atoms with Crippen LogP contribution in [0.5, 0.6) is 23.0 Å². The molecule has 36 heavy (non-hydrogen) atoms. The molecule has 3 aromatic carbocycles. The predicted molar refractivity (Wildman–Crippen MR) is 136 cm³/mol. The van der Waals surface area contributed by atoms with Crippen LogP contribution in [-0.2, 0) is 6.61 Å². The van der Waals surface area contributed by atoms with Gasteiger partial charge in [0, 0.05) is 42.3 Å². The summed E-state index contributed by atoms with van der Waals surface area (Å²) in [4.78, 5) is 28.2. The number of pyridine rings is 1. The highest BCUT2D eigenvalue weighted by Gasteiger charge is 2.08. The Morgan fingerprint density at radius 3 is 2.39 bits per heavy atom. The van der Waals surface area contributed by atoms with Crippen LogP contribution in [-0.4, -0.2) is 29.1 Å². The van der Waals surface area contributed by atoms with Crippen LogP contribution >= 0.6 is 0 Å². The summed E-state index contributed by atoms with van der Waals surface area (Å²) < 4.78 is 11.5. The lowest BCUT2D eigenvalue weighted by molar-refractivity contribution is 0.0957. The number of hydrogen-bond donors (Lipinski definition) is 4. The van der Waals surface area contributed by atoms with Crippen LogP contribution < -0.4 is 25.4 Å². The van der Waals surface area contributed by atoms with Gasteiger partial charge in [-0.15, -0.1) is 0 Å². The second kappa shape index (κ2) is 11.4. The largest absolute Gasteiger partial charge is 0.508 e. The fraction of sp³-hybridized carbons (Fsp3) is 0.0741. The summed E-state index contributed by atoms with van der Waals surface area (Å²) >= 11 is 0. The molecule has 9 heteroatoms. The summed E-state index contributed by atoms with van der Waals surface area (Å²) in [5.41, 5.74) is 2.02. The van der Waals surface area contributed by atoms with E-state index in [1.807, 2.05) is 6.07 Å². The second-order valence-corrected chi connectivity index (χ2v) is 7.61. The first kappa shape index (κ1) is 24.1. The predicted octanol–water partition coefficient (Wildman–Crippen LogP) is 5.16. The van der Waals surface area contributed by atoms with E-state index in [9.17, 15) is 14.7 Å². The minimum absolute atomic E-state index is 0.164. The average molecular weight is 485 g/mol. The maximum absolute atomic E-state index is 12.5. The molecule has 0 radical (unpaired) electrons. The Hall–Kier alpha value is -5.05. The zero-order chi connectivity index (χ0) is 25.3. The number of carbonyl (C=O) groups excluding carboxylic acids is 2. The van der Waals surface area contributed by atoms with Gasteiger partial charge in [-0.2, -0.15) is 0 Å². The quantitative estimate of drug-likeness (QED) is 0.274. The van der Waals surface area contributed by atoms with Crippen molar-refractivity contribution in [3.63, 3.8) is 0 Å². The number of benzene rings is 3. The molecule has 4 aromatic rings. The molecule has 1 aromatic heterocycles. The Morgan fingerprint density at radius 2 is 1.61 bits per heavy atom. The van der Waals surface area contributed by atoms with Crippen molar-refractivity contribution < 1.29 is 24.2 Å². The van der Waals surface area contributed by atoms with Gasteiger partial charge in [-0.05, 0) is 48.5 Å². The van der Waals surface area contributed by atoms with Gasteiger partial charge in [0.05, 0.1) is 0 Å². The van der Waals surface area contributed by atoms with Gasteiger partial charge in [0.2, 0.25) is 0 Å². The maximum atomic E-state index is 12.5. The van der Waals surface area contributed by atoms with Gasteiger partial charge in [-0.25, -0.2) is 4.79 Å².